The summed E-state index contributed by atoms with van der Waals surface area (Å²) in [7, 11) is 0. The summed E-state index contributed by atoms with van der Waals surface area (Å²) in [6.45, 7) is 1.84. The number of non-ortho nitro benzene ring substituents is 1. The van der Waals surface area contributed by atoms with Crippen molar-refractivity contribution < 1.29 is 9.72 Å². The van der Waals surface area contributed by atoms with Gasteiger partial charge in [0.1, 0.15) is 5.82 Å². The Bertz CT molecular complexity index is 761. The summed E-state index contributed by atoms with van der Waals surface area (Å²) >= 11 is 0. The lowest BCUT2D eigenvalue weighted by Crippen LogP contribution is -2.15. The number of carbonyl (C=O) groups is 1. The number of anilines is 1. The fourth-order valence-electron chi connectivity index (χ4n) is 3.34. The van der Waals surface area contributed by atoms with Crippen LogP contribution in [0.2, 0.25) is 0 Å². The first-order chi connectivity index (χ1) is 12.0. The van der Waals surface area contributed by atoms with Crippen LogP contribution in [0.4, 0.5) is 11.5 Å². The molecule has 132 valence electrons. The van der Waals surface area contributed by atoms with Crippen molar-refractivity contribution in [3.05, 3.63) is 46.1 Å². The Hall–Kier alpha value is -2.70. The molecule has 0 unspecified atom stereocenters. The van der Waals surface area contributed by atoms with Gasteiger partial charge >= 0.3 is 0 Å². The average Bonchev–Trinajstić information content (AvgIpc) is 3.22. The second kappa shape index (κ2) is 7.46. The Labute approximate surface area is 146 Å². The highest BCUT2D eigenvalue weighted by atomic mass is 16.6. The minimum atomic E-state index is -0.441. The molecule has 0 bridgehead atoms. The van der Waals surface area contributed by atoms with E-state index in [1.165, 1.54) is 37.8 Å². The number of amides is 1. The zero-order valence-electron chi connectivity index (χ0n) is 14.3. The van der Waals surface area contributed by atoms with Crippen LogP contribution in [-0.2, 0) is 4.79 Å². The van der Waals surface area contributed by atoms with Gasteiger partial charge in [-0.25, -0.2) is 4.68 Å². The predicted octanol–water partition coefficient (Wildman–Crippen LogP) is 4.00. The maximum atomic E-state index is 12.3. The summed E-state index contributed by atoms with van der Waals surface area (Å²) in [6.07, 6.45) is 6.45. The van der Waals surface area contributed by atoms with Crippen LogP contribution in [-0.4, -0.2) is 20.6 Å². The zero-order valence-corrected chi connectivity index (χ0v) is 14.3. The maximum Gasteiger partial charge on any atom is 0.269 e. The summed E-state index contributed by atoms with van der Waals surface area (Å²) in [5.41, 5.74) is 1.46. The fraction of sp³-hybridized carbons (Fsp3) is 0.444. The molecule has 25 heavy (non-hydrogen) atoms. The van der Waals surface area contributed by atoms with Crippen LogP contribution < -0.4 is 5.32 Å². The van der Waals surface area contributed by atoms with Crippen molar-refractivity contribution in [1.29, 1.82) is 0 Å². The van der Waals surface area contributed by atoms with Crippen LogP contribution in [0.15, 0.2) is 30.3 Å². The molecule has 2 aromatic rings. The first kappa shape index (κ1) is 17.1. The van der Waals surface area contributed by atoms with Crippen molar-refractivity contribution in [2.24, 2.45) is 5.92 Å². The monoisotopic (exact) mass is 342 g/mol. The number of aryl methyl sites for hydroxylation is 1. The molecule has 1 fully saturated rings. The fourth-order valence-corrected chi connectivity index (χ4v) is 3.34. The Morgan fingerprint density at radius 1 is 1.32 bits per heavy atom. The molecule has 7 nitrogen and oxygen atoms in total. The molecule has 1 heterocycles. The molecule has 1 aliphatic carbocycles. The van der Waals surface area contributed by atoms with E-state index in [-0.39, 0.29) is 11.6 Å². The summed E-state index contributed by atoms with van der Waals surface area (Å²) in [5, 5.41) is 18.1. The number of nitrogens with one attached hydrogen (secondary N) is 1. The van der Waals surface area contributed by atoms with Crippen molar-refractivity contribution in [2.75, 3.05) is 5.32 Å². The number of nitro groups is 1. The van der Waals surface area contributed by atoms with Gasteiger partial charge in [-0.2, -0.15) is 5.10 Å². The molecule has 1 aromatic carbocycles. The van der Waals surface area contributed by atoms with Gasteiger partial charge in [-0.15, -0.1) is 0 Å². The molecule has 7 heteroatoms. The van der Waals surface area contributed by atoms with Crippen molar-refractivity contribution in [1.82, 2.24) is 9.78 Å². The van der Waals surface area contributed by atoms with E-state index in [9.17, 15) is 14.9 Å². The standard InChI is InChI=1S/C18H22N4O3/c1-13-12-17(19-18(23)11-6-14-4-2-3-5-14)21(20-13)15-7-9-16(10-8-15)22(24)25/h7-10,12,14H,2-6,11H2,1H3,(H,19,23). The Morgan fingerprint density at radius 2 is 2.00 bits per heavy atom. The van der Waals surface area contributed by atoms with Gasteiger partial charge in [-0.3, -0.25) is 14.9 Å². The van der Waals surface area contributed by atoms with E-state index in [0.29, 0.717) is 23.8 Å². The maximum absolute atomic E-state index is 12.3. The molecule has 1 N–H and O–H groups in total. The highest BCUT2D eigenvalue weighted by Gasteiger charge is 2.17. The van der Waals surface area contributed by atoms with Gasteiger partial charge in [0.15, 0.2) is 0 Å². The Balaban J connectivity index is 1.69. The van der Waals surface area contributed by atoms with Gasteiger partial charge in [0.05, 0.1) is 16.3 Å². The number of aromatic nitrogens is 2. The minimum Gasteiger partial charge on any atom is -0.311 e. The Kier molecular flexibility index (Phi) is 5.11. The predicted molar refractivity (Wildman–Crippen MR) is 94.8 cm³/mol. The summed E-state index contributed by atoms with van der Waals surface area (Å²) in [5.74, 6) is 1.24. The van der Waals surface area contributed by atoms with Crippen LogP contribution in [0.1, 0.15) is 44.2 Å². The molecule has 1 saturated carbocycles. The molecule has 3 rings (SSSR count). The van der Waals surface area contributed by atoms with Gasteiger partial charge in [-0.1, -0.05) is 25.7 Å². The number of hydrogen-bond donors (Lipinski definition) is 1. The molecule has 1 aliphatic rings. The number of nitro benzene ring substituents is 1. The average molecular weight is 342 g/mol. The largest absolute Gasteiger partial charge is 0.311 e. The SMILES string of the molecule is Cc1cc(NC(=O)CCC2CCCC2)n(-c2ccc([N+](=O)[O-])cc2)n1. The lowest BCUT2D eigenvalue weighted by Gasteiger charge is -2.11. The number of nitrogens with zero attached hydrogens (tertiary/aromatic N) is 3. The normalized spacial score (nSPS) is 14.6. The first-order valence-corrected chi connectivity index (χ1v) is 8.64. The summed E-state index contributed by atoms with van der Waals surface area (Å²) in [6, 6.07) is 7.91. The first-order valence-electron chi connectivity index (χ1n) is 8.64. The summed E-state index contributed by atoms with van der Waals surface area (Å²) < 4.78 is 1.60. The number of benzene rings is 1. The Morgan fingerprint density at radius 3 is 2.64 bits per heavy atom. The van der Waals surface area contributed by atoms with Crippen molar-refractivity contribution in [3.8, 4) is 5.69 Å². The summed E-state index contributed by atoms with van der Waals surface area (Å²) in [4.78, 5) is 22.6. The minimum absolute atomic E-state index is 0.0186. The molecule has 0 aliphatic heterocycles. The lowest BCUT2D eigenvalue weighted by atomic mass is 10.0. The van der Waals surface area contributed by atoms with Gasteiger partial charge < -0.3 is 5.32 Å². The molecule has 1 aromatic heterocycles. The molecule has 0 saturated heterocycles. The molecule has 1 amide bonds. The van der Waals surface area contributed by atoms with Gasteiger partial charge in [0, 0.05) is 24.6 Å². The second-order valence-electron chi connectivity index (χ2n) is 6.59. The van der Waals surface area contributed by atoms with Crippen molar-refractivity contribution in [3.63, 3.8) is 0 Å². The zero-order chi connectivity index (χ0) is 17.8. The van der Waals surface area contributed by atoms with Crippen LogP contribution in [0.5, 0.6) is 0 Å². The van der Waals surface area contributed by atoms with Crippen LogP contribution in [0.25, 0.3) is 5.69 Å². The van der Waals surface area contributed by atoms with E-state index < -0.39 is 4.92 Å². The second-order valence-corrected chi connectivity index (χ2v) is 6.59. The third kappa shape index (κ3) is 4.23. The molecule has 0 spiro atoms. The third-order valence-electron chi connectivity index (χ3n) is 4.66. The molecule has 0 atom stereocenters. The van der Waals surface area contributed by atoms with Gasteiger partial charge in [0.2, 0.25) is 5.91 Å². The van der Waals surface area contributed by atoms with E-state index in [4.69, 9.17) is 0 Å². The topological polar surface area (TPSA) is 90.1 Å². The molecular weight excluding hydrogens is 320 g/mol. The third-order valence-corrected chi connectivity index (χ3v) is 4.66. The highest BCUT2D eigenvalue weighted by molar-refractivity contribution is 5.90. The number of hydrogen-bond acceptors (Lipinski definition) is 4. The van der Waals surface area contributed by atoms with Crippen molar-refractivity contribution >= 4 is 17.4 Å². The van der Waals surface area contributed by atoms with E-state index in [1.54, 1.807) is 22.9 Å². The van der Waals surface area contributed by atoms with E-state index in [1.807, 2.05) is 6.92 Å². The van der Waals surface area contributed by atoms with E-state index in [0.717, 1.165) is 12.1 Å². The quantitative estimate of drug-likeness (QED) is 0.634. The number of rotatable bonds is 6. The van der Waals surface area contributed by atoms with E-state index >= 15 is 0 Å². The van der Waals surface area contributed by atoms with Crippen LogP contribution in [0.3, 0.4) is 0 Å². The highest BCUT2D eigenvalue weighted by Crippen LogP contribution is 2.28. The van der Waals surface area contributed by atoms with Crippen LogP contribution in [0, 0.1) is 23.0 Å². The van der Waals surface area contributed by atoms with Crippen molar-refractivity contribution in [2.45, 2.75) is 45.4 Å². The molecule has 0 radical (unpaired) electrons. The van der Waals surface area contributed by atoms with Crippen LogP contribution >= 0.6 is 0 Å². The van der Waals surface area contributed by atoms with Gasteiger partial charge in [0.25, 0.3) is 5.69 Å². The molecular formula is C18H22N4O3. The number of carbonyl (C=O) groups excluding carboxylic acids is 1. The smallest absolute Gasteiger partial charge is 0.269 e. The lowest BCUT2D eigenvalue weighted by molar-refractivity contribution is -0.384. The van der Waals surface area contributed by atoms with E-state index in [2.05, 4.69) is 10.4 Å². The van der Waals surface area contributed by atoms with Gasteiger partial charge in [-0.05, 0) is 31.4 Å².